The molecule has 0 aliphatic heterocycles. The number of likely N-dealkylation sites (N-methyl/N-ethyl adjacent to an activating group) is 1. The molecule has 1 aromatic rings. The summed E-state index contributed by atoms with van der Waals surface area (Å²) in [6.45, 7) is 8.00. The molecule has 1 atom stereocenters. The van der Waals surface area contributed by atoms with Crippen LogP contribution in [-0.4, -0.2) is 36.9 Å². The number of aryl methyl sites for hydroxylation is 3. The van der Waals surface area contributed by atoms with Gasteiger partial charge in [-0.15, -0.1) is 12.4 Å². The number of hydrogen-bond acceptors (Lipinski definition) is 3. The number of carbonyl (C=O) groups excluding carboxylic acids is 2. The minimum Gasteiger partial charge on any atom is -0.336 e. The first kappa shape index (κ1) is 20.4. The van der Waals surface area contributed by atoms with Crippen LogP contribution in [0.5, 0.6) is 0 Å². The van der Waals surface area contributed by atoms with Crippen molar-refractivity contribution in [2.24, 2.45) is 11.7 Å². The molecule has 22 heavy (non-hydrogen) atoms. The standard InChI is InChI=1S/C16H25N3O2.ClH/c1-10-6-11(2)15(12(3)7-10)18-14(20)9-19(5)16(21)13(4)8-17;/h6-7,13H,8-9,17H2,1-5H3,(H,18,20);1H. The van der Waals surface area contributed by atoms with Gasteiger partial charge in [-0.2, -0.15) is 0 Å². The van der Waals surface area contributed by atoms with Crippen LogP contribution in [0.1, 0.15) is 23.6 Å². The number of anilines is 1. The van der Waals surface area contributed by atoms with E-state index < -0.39 is 0 Å². The molecule has 0 aromatic heterocycles. The zero-order valence-corrected chi connectivity index (χ0v) is 14.7. The van der Waals surface area contributed by atoms with Crippen LogP contribution in [0.3, 0.4) is 0 Å². The summed E-state index contributed by atoms with van der Waals surface area (Å²) in [5, 5.41) is 2.88. The first-order valence-corrected chi connectivity index (χ1v) is 7.09. The second-order valence-electron chi connectivity index (χ2n) is 5.65. The van der Waals surface area contributed by atoms with E-state index in [0.29, 0.717) is 0 Å². The Bertz CT molecular complexity index is 523. The Morgan fingerprint density at radius 2 is 1.73 bits per heavy atom. The third-order valence-electron chi connectivity index (χ3n) is 3.47. The highest BCUT2D eigenvalue weighted by Crippen LogP contribution is 2.21. The molecule has 1 unspecified atom stereocenters. The van der Waals surface area contributed by atoms with Crippen LogP contribution in [0.2, 0.25) is 0 Å². The maximum Gasteiger partial charge on any atom is 0.243 e. The average molecular weight is 328 g/mol. The molecule has 0 fully saturated rings. The van der Waals surface area contributed by atoms with Crippen LogP contribution in [0.15, 0.2) is 12.1 Å². The number of nitrogens with two attached hydrogens (primary N) is 1. The van der Waals surface area contributed by atoms with Gasteiger partial charge in [0.15, 0.2) is 0 Å². The summed E-state index contributed by atoms with van der Waals surface area (Å²) in [6, 6.07) is 4.04. The predicted molar refractivity (Wildman–Crippen MR) is 92.4 cm³/mol. The van der Waals surface area contributed by atoms with E-state index in [1.54, 1.807) is 14.0 Å². The van der Waals surface area contributed by atoms with E-state index in [-0.39, 0.29) is 43.2 Å². The molecule has 3 N–H and O–H groups in total. The summed E-state index contributed by atoms with van der Waals surface area (Å²) in [6.07, 6.45) is 0. The molecule has 0 saturated carbocycles. The van der Waals surface area contributed by atoms with Crippen molar-refractivity contribution in [3.63, 3.8) is 0 Å². The lowest BCUT2D eigenvalue weighted by atomic mass is 10.1. The molecule has 2 amide bonds. The van der Waals surface area contributed by atoms with Gasteiger partial charge in [-0.3, -0.25) is 9.59 Å². The number of hydrogen-bond donors (Lipinski definition) is 2. The van der Waals surface area contributed by atoms with Crippen molar-refractivity contribution >= 4 is 29.9 Å². The summed E-state index contributed by atoms with van der Waals surface area (Å²) in [7, 11) is 1.61. The first-order valence-electron chi connectivity index (χ1n) is 7.09. The van der Waals surface area contributed by atoms with E-state index in [1.165, 1.54) is 4.90 Å². The Hall–Kier alpha value is -1.59. The highest BCUT2D eigenvalue weighted by atomic mass is 35.5. The fourth-order valence-corrected chi connectivity index (χ4v) is 2.33. The zero-order chi connectivity index (χ0) is 16.2. The van der Waals surface area contributed by atoms with Crippen molar-refractivity contribution in [1.82, 2.24) is 4.90 Å². The van der Waals surface area contributed by atoms with Crippen molar-refractivity contribution in [3.05, 3.63) is 28.8 Å². The van der Waals surface area contributed by atoms with E-state index in [9.17, 15) is 9.59 Å². The average Bonchev–Trinajstić information content (AvgIpc) is 2.40. The smallest absolute Gasteiger partial charge is 0.243 e. The Labute approximate surface area is 138 Å². The van der Waals surface area contributed by atoms with Crippen molar-refractivity contribution in [1.29, 1.82) is 0 Å². The topological polar surface area (TPSA) is 75.4 Å². The molecular formula is C16H26ClN3O2. The second kappa shape index (κ2) is 8.76. The molecule has 1 rings (SSSR count). The highest BCUT2D eigenvalue weighted by molar-refractivity contribution is 5.96. The third kappa shape index (κ3) is 5.31. The Morgan fingerprint density at radius 3 is 2.18 bits per heavy atom. The van der Waals surface area contributed by atoms with Gasteiger partial charge in [-0.25, -0.2) is 0 Å². The van der Waals surface area contributed by atoms with Crippen LogP contribution in [0.25, 0.3) is 0 Å². The lowest BCUT2D eigenvalue weighted by molar-refractivity contribution is -0.136. The number of rotatable bonds is 5. The Morgan fingerprint density at radius 1 is 1.23 bits per heavy atom. The van der Waals surface area contributed by atoms with E-state index in [0.717, 1.165) is 22.4 Å². The summed E-state index contributed by atoms with van der Waals surface area (Å²) in [5.74, 6) is -0.597. The first-order chi connectivity index (χ1) is 9.76. The van der Waals surface area contributed by atoms with E-state index in [2.05, 4.69) is 5.32 Å². The van der Waals surface area contributed by atoms with Crippen LogP contribution in [-0.2, 0) is 9.59 Å². The molecule has 0 heterocycles. The van der Waals surface area contributed by atoms with Crippen molar-refractivity contribution in [3.8, 4) is 0 Å². The molecule has 0 aliphatic rings. The molecule has 5 nitrogen and oxygen atoms in total. The molecule has 6 heteroatoms. The number of benzene rings is 1. The highest BCUT2D eigenvalue weighted by Gasteiger charge is 2.18. The molecule has 0 bridgehead atoms. The van der Waals surface area contributed by atoms with Crippen molar-refractivity contribution < 1.29 is 9.59 Å². The van der Waals surface area contributed by atoms with Gasteiger partial charge in [0.25, 0.3) is 0 Å². The number of nitrogens with zero attached hydrogens (tertiary/aromatic N) is 1. The molecule has 1 aromatic carbocycles. The van der Waals surface area contributed by atoms with Gasteiger partial charge >= 0.3 is 0 Å². The normalized spacial score (nSPS) is 11.4. The van der Waals surface area contributed by atoms with Gasteiger partial charge < -0.3 is 16.0 Å². The monoisotopic (exact) mass is 327 g/mol. The van der Waals surface area contributed by atoms with Crippen LogP contribution in [0, 0.1) is 26.7 Å². The summed E-state index contributed by atoms with van der Waals surface area (Å²) < 4.78 is 0. The number of nitrogens with one attached hydrogen (secondary N) is 1. The fraction of sp³-hybridized carbons (Fsp3) is 0.500. The minimum absolute atomic E-state index is 0. The van der Waals surface area contributed by atoms with Gasteiger partial charge in [0.1, 0.15) is 0 Å². The largest absolute Gasteiger partial charge is 0.336 e. The maximum absolute atomic E-state index is 12.1. The van der Waals surface area contributed by atoms with Gasteiger partial charge in [-0.1, -0.05) is 24.6 Å². The van der Waals surface area contributed by atoms with Crippen molar-refractivity contribution in [2.75, 3.05) is 25.5 Å². The Kier molecular flexibility index (Phi) is 8.12. The van der Waals surface area contributed by atoms with Crippen molar-refractivity contribution in [2.45, 2.75) is 27.7 Å². The van der Waals surface area contributed by atoms with Gasteiger partial charge in [0.2, 0.25) is 11.8 Å². The quantitative estimate of drug-likeness (QED) is 0.868. The van der Waals surface area contributed by atoms with Gasteiger partial charge in [-0.05, 0) is 31.9 Å². The SMILES string of the molecule is Cc1cc(C)c(NC(=O)CN(C)C(=O)C(C)CN)c(C)c1.Cl. The number of halogens is 1. The van der Waals surface area contributed by atoms with Gasteiger partial charge in [0.05, 0.1) is 6.54 Å². The molecular weight excluding hydrogens is 302 g/mol. The lowest BCUT2D eigenvalue weighted by Gasteiger charge is -2.21. The number of amides is 2. The van der Waals surface area contributed by atoms with Crippen LogP contribution >= 0.6 is 12.4 Å². The third-order valence-corrected chi connectivity index (χ3v) is 3.47. The molecule has 0 spiro atoms. The van der Waals surface area contributed by atoms with E-state index in [1.807, 2.05) is 32.9 Å². The lowest BCUT2D eigenvalue weighted by Crippen LogP contribution is -2.39. The Balaban J connectivity index is 0.00000441. The van der Waals surface area contributed by atoms with E-state index >= 15 is 0 Å². The summed E-state index contributed by atoms with van der Waals surface area (Å²) in [5.41, 5.74) is 9.49. The predicted octanol–water partition coefficient (Wildman–Crippen LogP) is 2.03. The molecule has 124 valence electrons. The fourth-order valence-electron chi connectivity index (χ4n) is 2.33. The van der Waals surface area contributed by atoms with Crippen LogP contribution < -0.4 is 11.1 Å². The van der Waals surface area contributed by atoms with Crippen LogP contribution in [0.4, 0.5) is 5.69 Å². The molecule has 0 saturated heterocycles. The summed E-state index contributed by atoms with van der Waals surface area (Å²) in [4.78, 5) is 25.4. The second-order valence-corrected chi connectivity index (χ2v) is 5.65. The maximum atomic E-state index is 12.1. The molecule has 0 radical (unpaired) electrons. The van der Waals surface area contributed by atoms with E-state index in [4.69, 9.17) is 5.73 Å². The minimum atomic E-state index is -0.273. The molecule has 0 aliphatic carbocycles. The number of carbonyl (C=O) groups is 2. The summed E-state index contributed by atoms with van der Waals surface area (Å²) >= 11 is 0. The zero-order valence-electron chi connectivity index (χ0n) is 13.9. The van der Waals surface area contributed by atoms with Gasteiger partial charge in [0, 0.05) is 25.2 Å².